The molecule has 0 bridgehead atoms. The topological polar surface area (TPSA) is 67.2 Å². The first kappa shape index (κ1) is 8.64. The molecular weight excluding hydrogens is 208 g/mol. The van der Waals surface area contributed by atoms with E-state index in [0.29, 0.717) is 10.0 Å². The van der Waals surface area contributed by atoms with Crippen molar-refractivity contribution in [3.63, 3.8) is 0 Å². The van der Waals surface area contributed by atoms with Crippen molar-refractivity contribution in [1.82, 2.24) is 14.9 Å². The van der Waals surface area contributed by atoms with E-state index >= 15 is 0 Å². The predicted octanol–water partition coefficient (Wildman–Crippen LogP) is 0.371. The molecule has 1 N–H and O–H groups in total. The molecule has 1 aliphatic rings. The van der Waals surface area contributed by atoms with E-state index in [4.69, 9.17) is 0 Å². The van der Waals surface area contributed by atoms with Crippen LogP contribution in [0.1, 0.15) is 9.67 Å². The van der Waals surface area contributed by atoms with Gasteiger partial charge in [0.25, 0.3) is 5.91 Å². The van der Waals surface area contributed by atoms with Gasteiger partial charge in [0.15, 0.2) is 5.17 Å². The fourth-order valence-electron chi connectivity index (χ4n) is 0.837. The molecule has 0 aromatic carbocycles. The molecule has 0 radical (unpaired) electrons. The maximum absolute atomic E-state index is 11.4. The van der Waals surface area contributed by atoms with Gasteiger partial charge in [-0.1, -0.05) is 16.3 Å². The molecule has 7 heteroatoms. The zero-order valence-electron chi connectivity index (χ0n) is 6.56. The Kier molecular flexibility index (Phi) is 2.55. The van der Waals surface area contributed by atoms with Crippen molar-refractivity contribution in [3.8, 4) is 0 Å². The van der Waals surface area contributed by atoms with Crippen molar-refractivity contribution in [2.45, 2.75) is 0 Å². The third-order valence-corrected chi connectivity index (χ3v) is 2.95. The molecule has 0 fully saturated rings. The molecule has 68 valence electrons. The molecule has 1 aromatic heterocycles. The standard InChI is InChI=1S/C6H6N4OS2/c11-5(4-3-8-10-13-4)9-6-7-1-2-12-6/h3H,1-2H2,(H,7,9,11). The van der Waals surface area contributed by atoms with Gasteiger partial charge in [-0.15, -0.1) is 5.10 Å². The third kappa shape index (κ3) is 2.04. The van der Waals surface area contributed by atoms with Crippen LogP contribution in [-0.4, -0.2) is 33.0 Å². The minimum absolute atomic E-state index is 0.178. The first-order valence-electron chi connectivity index (χ1n) is 3.62. The molecular formula is C6H6N4OS2. The summed E-state index contributed by atoms with van der Waals surface area (Å²) < 4.78 is 3.60. The number of nitrogens with one attached hydrogen (secondary N) is 1. The molecule has 0 saturated heterocycles. The van der Waals surface area contributed by atoms with Crippen LogP contribution in [0.3, 0.4) is 0 Å². The van der Waals surface area contributed by atoms with Crippen molar-refractivity contribution in [2.24, 2.45) is 4.99 Å². The highest BCUT2D eigenvalue weighted by Crippen LogP contribution is 2.10. The molecule has 1 amide bonds. The van der Waals surface area contributed by atoms with Crippen LogP contribution in [0.2, 0.25) is 0 Å². The van der Waals surface area contributed by atoms with E-state index in [1.54, 1.807) is 11.8 Å². The highest BCUT2D eigenvalue weighted by molar-refractivity contribution is 8.14. The lowest BCUT2D eigenvalue weighted by Crippen LogP contribution is -2.26. The van der Waals surface area contributed by atoms with Gasteiger partial charge in [0.2, 0.25) is 0 Å². The van der Waals surface area contributed by atoms with Crippen molar-refractivity contribution in [2.75, 3.05) is 12.3 Å². The van der Waals surface area contributed by atoms with Crippen molar-refractivity contribution < 1.29 is 4.79 Å². The Morgan fingerprint density at radius 1 is 1.62 bits per heavy atom. The summed E-state index contributed by atoms with van der Waals surface area (Å²) in [7, 11) is 0. The second-order valence-electron chi connectivity index (χ2n) is 2.27. The fraction of sp³-hybridized carbons (Fsp3) is 0.333. The van der Waals surface area contributed by atoms with Gasteiger partial charge in [-0.3, -0.25) is 9.79 Å². The van der Waals surface area contributed by atoms with Crippen LogP contribution in [0.15, 0.2) is 11.2 Å². The average molecular weight is 214 g/mol. The summed E-state index contributed by atoms with van der Waals surface area (Å²) in [6.07, 6.45) is 1.44. The van der Waals surface area contributed by atoms with Gasteiger partial charge in [-0.2, -0.15) is 0 Å². The number of thioether (sulfide) groups is 1. The molecule has 1 aromatic rings. The smallest absolute Gasteiger partial charge is 0.270 e. The number of hydrogen-bond donors (Lipinski definition) is 1. The van der Waals surface area contributed by atoms with E-state index in [1.165, 1.54) is 6.20 Å². The van der Waals surface area contributed by atoms with Crippen LogP contribution >= 0.6 is 23.3 Å². The first-order chi connectivity index (χ1) is 6.36. The monoisotopic (exact) mass is 214 g/mol. The van der Waals surface area contributed by atoms with Gasteiger partial charge < -0.3 is 5.32 Å². The number of amides is 1. The van der Waals surface area contributed by atoms with E-state index in [-0.39, 0.29) is 5.91 Å². The predicted molar refractivity (Wildman–Crippen MR) is 52.1 cm³/mol. The van der Waals surface area contributed by atoms with Gasteiger partial charge in [0.05, 0.1) is 12.7 Å². The van der Waals surface area contributed by atoms with Crippen LogP contribution < -0.4 is 5.32 Å². The lowest BCUT2D eigenvalue weighted by atomic mass is 10.5. The lowest BCUT2D eigenvalue weighted by molar-refractivity contribution is 0.0981. The number of amidine groups is 1. The summed E-state index contributed by atoms with van der Waals surface area (Å²) >= 11 is 2.63. The average Bonchev–Trinajstić information content (AvgIpc) is 2.74. The maximum Gasteiger partial charge on any atom is 0.270 e. The highest BCUT2D eigenvalue weighted by Gasteiger charge is 2.13. The Labute approximate surface area is 82.8 Å². The number of aromatic nitrogens is 2. The summed E-state index contributed by atoms with van der Waals surface area (Å²) in [5.74, 6) is 0.763. The third-order valence-electron chi connectivity index (χ3n) is 1.39. The van der Waals surface area contributed by atoms with Crippen molar-refractivity contribution in [1.29, 1.82) is 0 Å². The number of nitrogens with zero attached hydrogens (tertiary/aromatic N) is 3. The molecule has 0 saturated carbocycles. The largest absolute Gasteiger partial charge is 0.301 e. The van der Waals surface area contributed by atoms with Crippen molar-refractivity contribution in [3.05, 3.63) is 11.1 Å². The van der Waals surface area contributed by atoms with Crippen molar-refractivity contribution >= 4 is 34.4 Å². The molecule has 0 spiro atoms. The minimum atomic E-state index is -0.178. The number of aliphatic imine (C=N–C) groups is 1. The van der Waals surface area contributed by atoms with Crippen LogP contribution in [0.5, 0.6) is 0 Å². The normalized spacial score (nSPS) is 15.5. The van der Waals surface area contributed by atoms with Gasteiger partial charge >= 0.3 is 0 Å². The molecule has 0 aliphatic carbocycles. The van der Waals surface area contributed by atoms with Gasteiger partial charge in [-0.25, -0.2) is 0 Å². The lowest BCUT2D eigenvalue weighted by Gasteiger charge is -1.99. The van der Waals surface area contributed by atoms with Crippen LogP contribution in [0.4, 0.5) is 0 Å². The molecule has 0 unspecified atom stereocenters. The molecule has 0 atom stereocenters. The van der Waals surface area contributed by atoms with Gasteiger partial charge in [-0.05, 0) is 11.5 Å². The van der Waals surface area contributed by atoms with Crippen LogP contribution in [-0.2, 0) is 0 Å². The number of rotatable bonds is 1. The zero-order chi connectivity index (χ0) is 9.10. The fourth-order valence-corrected chi connectivity index (χ4v) is 1.97. The SMILES string of the molecule is O=C(NC1=NCCS1)c1cnns1. The highest BCUT2D eigenvalue weighted by atomic mass is 32.2. The molecule has 2 heterocycles. The van der Waals surface area contributed by atoms with Crippen LogP contribution in [0.25, 0.3) is 0 Å². The first-order valence-corrected chi connectivity index (χ1v) is 5.38. The van der Waals surface area contributed by atoms with E-state index < -0.39 is 0 Å². The molecule has 5 nitrogen and oxygen atoms in total. The molecule has 13 heavy (non-hydrogen) atoms. The molecule has 1 aliphatic heterocycles. The Morgan fingerprint density at radius 3 is 3.15 bits per heavy atom. The summed E-state index contributed by atoms with van der Waals surface area (Å²) in [6, 6.07) is 0. The van der Waals surface area contributed by atoms with E-state index in [0.717, 1.165) is 23.8 Å². The minimum Gasteiger partial charge on any atom is -0.301 e. The summed E-state index contributed by atoms with van der Waals surface area (Å²) in [5.41, 5.74) is 0. The maximum atomic E-state index is 11.4. The Bertz CT molecular complexity index is 334. The second-order valence-corrected chi connectivity index (χ2v) is 4.14. The number of carbonyl (C=O) groups is 1. The van der Waals surface area contributed by atoms with Gasteiger partial charge in [0.1, 0.15) is 4.88 Å². The molecule has 2 rings (SSSR count). The Morgan fingerprint density at radius 2 is 2.54 bits per heavy atom. The Hall–Kier alpha value is -0.950. The summed E-state index contributed by atoms with van der Waals surface area (Å²) in [6.45, 7) is 0.779. The van der Waals surface area contributed by atoms with E-state index in [1.807, 2.05) is 0 Å². The number of carbonyl (C=O) groups excluding carboxylic acids is 1. The Balaban J connectivity index is 1.99. The van der Waals surface area contributed by atoms with E-state index in [9.17, 15) is 4.79 Å². The van der Waals surface area contributed by atoms with E-state index in [2.05, 4.69) is 19.9 Å². The summed E-state index contributed by atoms with van der Waals surface area (Å²) in [4.78, 5) is 16.0. The quantitative estimate of drug-likeness (QED) is 0.733. The zero-order valence-corrected chi connectivity index (χ0v) is 8.19. The van der Waals surface area contributed by atoms with Gasteiger partial charge in [0, 0.05) is 5.75 Å². The van der Waals surface area contributed by atoms with Crippen LogP contribution in [0, 0.1) is 0 Å². The second kappa shape index (κ2) is 3.84. The number of hydrogen-bond acceptors (Lipinski definition) is 6. The summed E-state index contributed by atoms with van der Waals surface area (Å²) in [5, 5.41) is 6.96.